The first kappa shape index (κ1) is 15.7. The molecule has 2 saturated heterocycles. The van der Waals surface area contributed by atoms with Crippen LogP contribution in [0.25, 0.3) is 0 Å². The van der Waals surface area contributed by atoms with Gasteiger partial charge in [0.15, 0.2) is 0 Å². The predicted molar refractivity (Wildman–Crippen MR) is 78.7 cm³/mol. The molecule has 116 valence electrons. The van der Waals surface area contributed by atoms with Crippen LogP contribution in [-0.2, 0) is 9.53 Å². The standard InChI is InChI=1S/C14H28N4O2/c1-3-15-13-11-20-10-12(13)14(19)16-4-5-18-8-6-17(2)7-9-18/h12-13,15H,3-11H2,1-2H3,(H,16,19). The molecule has 0 aromatic rings. The highest BCUT2D eigenvalue weighted by Gasteiger charge is 2.33. The molecule has 0 saturated carbocycles. The quantitative estimate of drug-likeness (QED) is 0.653. The Labute approximate surface area is 121 Å². The van der Waals surface area contributed by atoms with Crippen LogP contribution in [0, 0.1) is 5.92 Å². The smallest absolute Gasteiger partial charge is 0.227 e. The van der Waals surface area contributed by atoms with E-state index in [1.165, 1.54) is 0 Å². The Morgan fingerprint density at radius 3 is 2.70 bits per heavy atom. The molecule has 0 bridgehead atoms. The van der Waals surface area contributed by atoms with Gasteiger partial charge in [0.25, 0.3) is 0 Å². The number of amides is 1. The van der Waals surface area contributed by atoms with Crippen LogP contribution in [0.4, 0.5) is 0 Å². The molecule has 2 heterocycles. The first-order valence-corrected chi connectivity index (χ1v) is 7.70. The summed E-state index contributed by atoms with van der Waals surface area (Å²) in [6, 6.07) is 0.170. The summed E-state index contributed by atoms with van der Waals surface area (Å²) in [5.41, 5.74) is 0. The lowest BCUT2D eigenvalue weighted by Gasteiger charge is -2.32. The molecule has 2 rings (SSSR count). The highest BCUT2D eigenvalue weighted by molar-refractivity contribution is 5.79. The van der Waals surface area contributed by atoms with Crippen LogP contribution in [0.5, 0.6) is 0 Å². The molecule has 2 atom stereocenters. The maximum absolute atomic E-state index is 12.2. The Morgan fingerprint density at radius 2 is 2.00 bits per heavy atom. The summed E-state index contributed by atoms with van der Waals surface area (Å²) >= 11 is 0. The number of nitrogens with zero attached hydrogens (tertiary/aromatic N) is 2. The Bertz CT molecular complexity index is 306. The number of nitrogens with one attached hydrogen (secondary N) is 2. The number of rotatable bonds is 6. The molecule has 0 radical (unpaired) electrons. The van der Waals surface area contributed by atoms with Crippen molar-refractivity contribution in [1.82, 2.24) is 20.4 Å². The Morgan fingerprint density at radius 1 is 1.25 bits per heavy atom. The molecule has 0 aromatic carbocycles. The van der Waals surface area contributed by atoms with Crippen molar-refractivity contribution in [2.75, 3.05) is 66.1 Å². The van der Waals surface area contributed by atoms with Gasteiger partial charge in [-0.3, -0.25) is 9.69 Å². The number of piperazine rings is 1. The summed E-state index contributed by atoms with van der Waals surface area (Å²) in [4.78, 5) is 16.9. The van der Waals surface area contributed by atoms with E-state index >= 15 is 0 Å². The highest BCUT2D eigenvalue weighted by Crippen LogP contribution is 2.13. The zero-order valence-corrected chi connectivity index (χ0v) is 12.7. The molecule has 0 aromatic heterocycles. The van der Waals surface area contributed by atoms with Gasteiger partial charge < -0.3 is 20.3 Å². The Balaban J connectivity index is 1.64. The van der Waals surface area contributed by atoms with Crippen LogP contribution in [0.3, 0.4) is 0 Å². The molecule has 0 aliphatic carbocycles. The van der Waals surface area contributed by atoms with Crippen molar-refractivity contribution in [2.24, 2.45) is 5.92 Å². The third-order valence-corrected chi connectivity index (χ3v) is 4.21. The summed E-state index contributed by atoms with van der Waals surface area (Å²) in [5.74, 6) is 0.0880. The molecule has 2 N–H and O–H groups in total. The first-order valence-electron chi connectivity index (χ1n) is 7.70. The van der Waals surface area contributed by atoms with Crippen molar-refractivity contribution in [1.29, 1.82) is 0 Å². The summed E-state index contributed by atoms with van der Waals surface area (Å²) in [6.45, 7) is 10.2. The van der Waals surface area contributed by atoms with E-state index in [9.17, 15) is 4.79 Å². The number of carbonyl (C=O) groups is 1. The van der Waals surface area contributed by atoms with Gasteiger partial charge in [-0.25, -0.2) is 0 Å². The highest BCUT2D eigenvalue weighted by atomic mass is 16.5. The second kappa shape index (κ2) is 7.93. The second-order valence-corrected chi connectivity index (χ2v) is 5.74. The van der Waals surface area contributed by atoms with Gasteiger partial charge in [-0.1, -0.05) is 6.92 Å². The SMILES string of the molecule is CCNC1COCC1C(=O)NCCN1CCN(C)CC1. The maximum Gasteiger partial charge on any atom is 0.227 e. The topological polar surface area (TPSA) is 56.8 Å². The lowest BCUT2D eigenvalue weighted by Crippen LogP contribution is -2.48. The van der Waals surface area contributed by atoms with E-state index in [0.717, 1.165) is 45.8 Å². The van der Waals surface area contributed by atoms with Crippen molar-refractivity contribution < 1.29 is 9.53 Å². The van der Waals surface area contributed by atoms with E-state index in [-0.39, 0.29) is 17.9 Å². The van der Waals surface area contributed by atoms with E-state index in [1.807, 2.05) is 0 Å². The molecule has 2 fully saturated rings. The van der Waals surface area contributed by atoms with Crippen molar-refractivity contribution in [3.63, 3.8) is 0 Å². The maximum atomic E-state index is 12.2. The molecule has 0 spiro atoms. The molecule has 2 aliphatic heterocycles. The monoisotopic (exact) mass is 284 g/mol. The van der Waals surface area contributed by atoms with Crippen LogP contribution in [0.15, 0.2) is 0 Å². The van der Waals surface area contributed by atoms with Crippen LogP contribution < -0.4 is 10.6 Å². The van der Waals surface area contributed by atoms with Crippen LogP contribution in [0.2, 0.25) is 0 Å². The van der Waals surface area contributed by atoms with Crippen LogP contribution >= 0.6 is 0 Å². The predicted octanol–water partition coefficient (Wildman–Crippen LogP) is -1.03. The van der Waals surface area contributed by atoms with Gasteiger partial charge >= 0.3 is 0 Å². The van der Waals surface area contributed by atoms with E-state index in [4.69, 9.17) is 4.74 Å². The third kappa shape index (κ3) is 4.41. The van der Waals surface area contributed by atoms with E-state index < -0.39 is 0 Å². The summed E-state index contributed by atoms with van der Waals surface area (Å²) < 4.78 is 5.41. The number of hydrogen-bond acceptors (Lipinski definition) is 5. The number of hydrogen-bond donors (Lipinski definition) is 2. The van der Waals surface area contributed by atoms with Crippen molar-refractivity contribution in [3.05, 3.63) is 0 Å². The van der Waals surface area contributed by atoms with Crippen LogP contribution in [0.1, 0.15) is 6.92 Å². The van der Waals surface area contributed by atoms with Gasteiger partial charge in [-0.15, -0.1) is 0 Å². The average Bonchev–Trinajstić information content (AvgIpc) is 2.90. The molecule has 2 unspecified atom stereocenters. The molecule has 2 aliphatic rings. The number of carbonyl (C=O) groups excluding carboxylic acids is 1. The van der Waals surface area contributed by atoms with Gasteiger partial charge in [0.2, 0.25) is 5.91 Å². The fourth-order valence-electron chi connectivity index (χ4n) is 2.82. The van der Waals surface area contributed by atoms with Crippen molar-refractivity contribution in [2.45, 2.75) is 13.0 Å². The zero-order valence-electron chi connectivity index (χ0n) is 12.7. The lowest BCUT2D eigenvalue weighted by atomic mass is 10.0. The third-order valence-electron chi connectivity index (χ3n) is 4.21. The minimum atomic E-state index is -0.0394. The summed E-state index contributed by atoms with van der Waals surface area (Å²) in [7, 11) is 2.15. The first-order chi connectivity index (χ1) is 9.70. The number of ether oxygens (including phenoxy) is 1. The fraction of sp³-hybridized carbons (Fsp3) is 0.929. The summed E-state index contributed by atoms with van der Waals surface area (Å²) in [5, 5.41) is 6.38. The van der Waals surface area contributed by atoms with Gasteiger partial charge in [-0.2, -0.15) is 0 Å². The second-order valence-electron chi connectivity index (χ2n) is 5.74. The fourth-order valence-corrected chi connectivity index (χ4v) is 2.82. The van der Waals surface area contributed by atoms with E-state index in [2.05, 4.69) is 34.4 Å². The largest absolute Gasteiger partial charge is 0.379 e. The Hall–Kier alpha value is -0.690. The van der Waals surface area contributed by atoms with E-state index in [1.54, 1.807) is 0 Å². The van der Waals surface area contributed by atoms with Crippen LogP contribution in [-0.4, -0.2) is 87.8 Å². The lowest BCUT2D eigenvalue weighted by molar-refractivity contribution is -0.125. The van der Waals surface area contributed by atoms with E-state index in [0.29, 0.717) is 13.2 Å². The Kier molecular flexibility index (Phi) is 6.22. The van der Waals surface area contributed by atoms with Gasteiger partial charge in [-0.05, 0) is 13.6 Å². The summed E-state index contributed by atoms with van der Waals surface area (Å²) in [6.07, 6.45) is 0. The molecule has 6 nitrogen and oxygen atoms in total. The van der Waals surface area contributed by atoms with Crippen molar-refractivity contribution >= 4 is 5.91 Å². The number of likely N-dealkylation sites (N-methyl/N-ethyl adjacent to an activating group) is 2. The molecule has 1 amide bonds. The minimum Gasteiger partial charge on any atom is -0.379 e. The van der Waals surface area contributed by atoms with Crippen molar-refractivity contribution in [3.8, 4) is 0 Å². The zero-order chi connectivity index (χ0) is 14.4. The molecular weight excluding hydrogens is 256 g/mol. The molecule has 6 heteroatoms. The molecular formula is C14H28N4O2. The minimum absolute atomic E-state index is 0.0394. The van der Waals surface area contributed by atoms with Gasteiger partial charge in [0.05, 0.1) is 19.1 Å². The van der Waals surface area contributed by atoms with Gasteiger partial charge in [0.1, 0.15) is 0 Å². The van der Waals surface area contributed by atoms with Gasteiger partial charge in [0, 0.05) is 45.3 Å². The normalized spacial score (nSPS) is 28.7. The molecule has 20 heavy (non-hydrogen) atoms. The average molecular weight is 284 g/mol.